The highest BCUT2D eigenvalue weighted by Gasteiger charge is 2.52. The Kier molecular flexibility index (Phi) is 3.81. The van der Waals surface area contributed by atoms with Gasteiger partial charge in [-0.3, -0.25) is 10.1 Å². The summed E-state index contributed by atoms with van der Waals surface area (Å²) in [6.45, 7) is 2.87. The van der Waals surface area contributed by atoms with Crippen molar-refractivity contribution in [3.8, 4) is 11.8 Å². The highest BCUT2D eigenvalue weighted by Crippen LogP contribution is 2.38. The van der Waals surface area contributed by atoms with Crippen LogP contribution in [0.25, 0.3) is 0 Å². The minimum Gasteiger partial charge on any atom is -0.379 e. The highest BCUT2D eigenvalue weighted by molar-refractivity contribution is 6.09. The fourth-order valence-electron chi connectivity index (χ4n) is 3.15. The number of nitro groups is 1. The van der Waals surface area contributed by atoms with Crippen molar-refractivity contribution in [2.75, 3.05) is 18.0 Å². The highest BCUT2D eigenvalue weighted by atomic mass is 16.7. The Labute approximate surface area is 150 Å². The normalized spacial score (nSPS) is 20.7. The molecule has 0 radical (unpaired) electrons. The number of pyridine rings is 1. The standard InChI is InChI=1S/C19H16N4O3/c1-14-7-9-16(23(24)25)18(20-14)22-12-11-19(13-22)17(21-26-19)10-8-15-5-3-2-4-6-15/h2-7,9H,11-13H2,1H3. The number of hydrogen-bond acceptors (Lipinski definition) is 6. The smallest absolute Gasteiger partial charge is 0.311 e. The van der Waals surface area contributed by atoms with Crippen LogP contribution in [0.5, 0.6) is 0 Å². The second kappa shape index (κ2) is 6.15. The van der Waals surface area contributed by atoms with Crippen molar-refractivity contribution < 1.29 is 9.76 Å². The fraction of sp³-hybridized carbons (Fsp3) is 0.263. The first-order chi connectivity index (χ1) is 12.6. The summed E-state index contributed by atoms with van der Waals surface area (Å²) >= 11 is 0. The summed E-state index contributed by atoms with van der Waals surface area (Å²) in [7, 11) is 0. The second-order valence-electron chi connectivity index (χ2n) is 6.37. The lowest BCUT2D eigenvalue weighted by Crippen LogP contribution is -2.49. The third-order valence-electron chi connectivity index (χ3n) is 4.56. The topological polar surface area (TPSA) is 80.9 Å². The van der Waals surface area contributed by atoms with E-state index in [1.165, 1.54) is 6.07 Å². The molecule has 2 aromatic rings. The number of benzene rings is 1. The first kappa shape index (κ1) is 16.1. The molecular formula is C19H16N4O3. The molecule has 1 spiro atoms. The van der Waals surface area contributed by atoms with Crippen LogP contribution in [-0.4, -0.2) is 34.3 Å². The molecule has 4 rings (SSSR count). The van der Waals surface area contributed by atoms with Gasteiger partial charge in [0.15, 0.2) is 5.71 Å². The lowest BCUT2D eigenvalue weighted by Gasteiger charge is -2.32. The average molecular weight is 348 g/mol. The van der Waals surface area contributed by atoms with Crippen molar-refractivity contribution in [1.82, 2.24) is 4.98 Å². The number of rotatable bonds is 2. The molecule has 26 heavy (non-hydrogen) atoms. The summed E-state index contributed by atoms with van der Waals surface area (Å²) in [6, 6.07) is 12.8. The third-order valence-corrected chi connectivity index (χ3v) is 4.56. The van der Waals surface area contributed by atoms with Crippen LogP contribution in [0.2, 0.25) is 0 Å². The molecule has 2 aliphatic rings. The molecule has 7 nitrogen and oxygen atoms in total. The summed E-state index contributed by atoms with van der Waals surface area (Å²) in [4.78, 5) is 22.7. The lowest BCUT2D eigenvalue weighted by atomic mass is 9.94. The van der Waals surface area contributed by atoms with E-state index in [1.54, 1.807) is 6.07 Å². The van der Waals surface area contributed by atoms with Gasteiger partial charge in [0.25, 0.3) is 0 Å². The van der Waals surface area contributed by atoms with Gasteiger partial charge in [-0.2, -0.15) is 0 Å². The molecule has 2 aliphatic heterocycles. The Balaban J connectivity index is 1.57. The van der Waals surface area contributed by atoms with Gasteiger partial charge in [0.1, 0.15) is 0 Å². The summed E-state index contributed by atoms with van der Waals surface area (Å²) in [5.74, 6) is 6.54. The molecule has 0 aliphatic carbocycles. The molecule has 7 heteroatoms. The van der Waals surface area contributed by atoms with Gasteiger partial charge in [0.2, 0.25) is 11.4 Å². The predicted molar refractivity (Wildman–Crippen MR) is 97.0 cm³/mol. The van der Waals surface area contributed by atoms with Gasteiger partial charge >= 0.3 is 5.69 Å². The van der Waals surface area contributed by atoms with E-state index in [0.29, 0.717) is 31.0 Å². The van der Waals surface area contributed by atoms with Crippen molar-refractivity contribution >= 4 is 17.2 Å². The Bertz CT molecular complexity index is 962. The minimum atomic E-state index is -0.596. The first-order valence-electron chi connectivity index (χ1n) is 8.28. The Morgan fingerprint density at radius 1 is 1.23 bits per heavy atom. The first-order valence-corrected chi connectivity index (χ1v) is 8.28. The van der Waals surface area contributed by atoms with Crippen molar-refractivity contribution in [2.24, 2.45) is 5.16 Å². The van der Waals surface area contributed by atoms with Gasteiger partial charge in [-0.1, -0.05) is 29.3 Å². The molecule has 1 unspecified atom stereocenters. The lowest BCUT2D eigenvalue weighted by molar-refractivity contribution is -0.384. The maximum Gasteiger partial charge on any atom is 0.311 e. The van der Waals surface area contributed by atoms with E-state index in [0.717, 1.165) is 11.3 Å². The number of nitrogens with zero attached hydrogens (tertiary/aromatic N) is 4. The number of aryl methyl sites for hydroxylation is 1. The van der Waals surface area contributed by atoms with Gasteiger partial charge in [0.05, 0.1) is 11.5 Å². The molecule has 1 aromatic heterocycles. The van der Waals surface area contributed by atoms with Gasteiger partial charge in [-0.05, 0) is 31.0 Å². The van der Waals surface area contributed by atoms with E-state index < -0.39 is 10.5 Å². The summed E-state index contributed by atoms with van der Waals surface area (Å²) in [6.07, 6.45) is 0.669. The molecule has 1 aromatic carbocycles. The Morgan fingerprint density at radius 2 is 2.04 bits per heavy atom. The van der Waals surface area contributed by atoms with E-state index in [-0.39, 0.29) is 5.69 Å². The zero-order valence-electron chi connectivity index (χ0n) is 14.2. The molecule has 1 saturated heterocycles. The summed E-state index contributed by atoms with van der Waals surface area (Å²) < 4.78 is 0. The van der Waals surface area contributed by atoms with E-state index in [2.05, 4.69) is 22.0 Å². The van der Waals surface area contributed by atoms with Gasteiger partial charge < -0.3 is 9.74 Å². The van der Waals surface area contributed by atoms with E-state index in [9.17, 15) is 10.1 Å². The SMILES string of the molecule is Cc1ccc([N+](=O)[O-])c(N2CCC3(C2)ON=C3C#Cc2ccccc2)n1. The number of aromatic nitrogens is 1. The quantitative estimate of drug-likeness (QED) is 0.473. The van der Waals surface area contributed by atoms with Crippen LogP contribution in [0.3, 0.4) is 0 Å². The maximum atomic E-state index is 11.3. The summed E-state index contributed by atoms with van der Waals surface area (Å²) in [5.41, 5.74) is 1.73. The minimum absolute atomic E-state index is 0.000770. The third kappa shape index (κ3) is 2.75. The van der Waals surface area contributed by atoms with Crippen molar-refractivity contribution in [3.63, 3.8) is 0 Å². The Hall–Kier alpha value is -3.40. The largest absolute Gasteiger partial charge is 0.379 e. The van der Waals surface area contributed by atoms with Crippen LogP contribution in [0, 0.1) is 28.9 Å². The van der Waals surface area contributed by atoms with Crippen molar-refractivity contribution in [1.29, 1.82) is 0 Å². The molecule has 1 fully saturated rings. The van der Waals surface area contributed by atoms with Crippen LogP contribution < -0.4 is 4.90 Å². The molecule has 3 heterocycles. The molecule has 130 valence electrons. The number of anilines is 1. The monoisotopic (exact) mass is 348 g/mol. The van der Waals surface area contributed by atoms with Crippen LogP contribution in [0.1, 0.15) is 17.7 Å². The molecule has 0 N–H and O–H groups in total. The maximum absolute atomic E-state index is 11.3. The molecule has 1 atom stereocenters. The fourth-order valence-corrected chi connectivity index (χ4v) is 3.15. The van der Waals surface area contributed by atoms with Crippen molar-refractivity contribution in [2.45, 2.75) is 18.9 Å². The van der Waals surface area contributed by atoms with Crippen LogP contribution in [0.15, 0.2) is 47.6 Å². The number of oxime groups is 1. The summed E-state index contributed by atoms with van der Waals surface area (Å²) in [5, 5.41) is 15.3. The van der Waals surface area contributed by atoms with E-state index in [1.807, 2.05) is 42.2 Å². The number of hydrogen-bond donors (Lipinski definition) is 0. The van der Waals surface area contributed by atoms with Gasteiger partial charge in [-0.15, -0.1) is 0 Å². The van der Waals surface area contributed by atoms with Crippen molar-refractivity contribution in [3.05, 3.63) is 63.8 Å². The average Bonchev–Trinajstić information content (AvgIpc) is 3.09. The van der Waals surface area contributed by atoms with Crippen LogP contribution >= 0.6 is 0 Å². The zero-order valence-corrected chi connectivity index (χ0v) is 14.2. The zero-order chi connectivity index (χ0) is 18.1. The van der Waals surface area contributed by atoms with Crippen LogP contribution in [-0.2, 0) is 4.84 Å². The van der Waals surface area contributed by atoms with E-state index >= 15 is 0 Å². The molecular weight excluding hydrogens is 332 g/mol. The molecule has 0 saturated carbocycles. The molecule has 0 amide bonds. The molecule has 0 bridgehead atoms. The predicted octanol–water partition coefficient (Wildman–Crippen LogP) is 2.69. The second-order valence-corrected chi connectivity index (χ2v) is 6.37. The van der Waals surface area contributed by atoms with Crippen LogP contribution in [0.4, 0.5) is 11.5 Å². The van der Waals surface area contributed by atoms with Gasteiger partial charge in [0, 0.05) is 30.3 Å². The van der Waals surface area contributed by atoms with E-state index in [4.69, 9.17) is 4.84 Å². The Morgan fingerprint density at radius 3 is 2.73 bits per heavy atom. The van der Waals surface area contributed by atoms with Gasteiger partial charge in [-0.25, -0.2) is 4.98 Å².